The molecular formula is C14H16BrNO3S. The van der Waals surface area contributed by atoms with Gasteiger partial charge in [0.1, 0.15) is 5.75 Å². The summed E-state index contributed by atoms with van der Waals surface area (Å²) in [6.45, 7) is 0.695. The van der Waals surface area contributed by atoms with E-state index in [0.717, 1.165) is 28.6 Å². The Kier molecular flexibility index (Phi) is 3.88. The normalized spacial score (nSPS) is 27.6. The molecule has 6 heteroatoms. The first-order valence-corrected chi connectivity index (χ1v) is 9.14. The second-order valence-corrected chi connectivity index (χ2v) is 8.00. The summed E-state index contributed by atoms with van der Waals surface area (Å²) in [6, 6.07) is 6.01. The van der Waals surface area contributed by atoms with Gasteiger partial charge in [-0.15, -0.1) is 0 Å². The van der Waals surface area contributed by atoms with Gasteiger partial charge in [-0.2, -0.15) is 0 Å². The Bertz CT molecular complexity index is 642. The first-order valence-electron chi connectivity index (χ1n) is 6.63. The molecule has 0 fully saturated rings. The van der Waals surface area contributed by atoms with E-state index in [0.29, 0.717) is 6.61 Å². The molecule has 108 valence electrons. The Morgan fingerprint density at radius 3 is 2.95 bits per heavy atom. The van der Waals surface area contributed by atoms with Crippen molar-refractivity contribution in [2.24, 2.45) is 0 Å². The van der Waals surface area contributed by atoms with Gasteiger partial charge in [0, 0.05) is 27.5 Å². The van der Waals surface area contributed by atoms with Crippen LogP contribution in [0.15, 0.2) is 34.2 Å². The number of sulfone groups is 1. The number of rotatable bonds is 2. The Labute approximate surface area is 127 Å². The SMILES string of the molecule is O=S1(=O)C=CC(NC2CCCOc3cc(Br)ccc32)C1. The van der Waals surface area contributed by atoms with Gasteiger partial charge >= 0.3 is 0 Å². The van der Waals surface area contributed by atoms with E-state index in [1.165, 1.54) is 5.41 Å². The van der Waals surface area contributed by atoms with Gasteiger partial charge in [-0.1, -0.05) is 28.1 Å². The van der Waals surface area contributed by atoms with Crippen LogP contribution in [0.2, 0.25) is 0 Å². The molecule has 0 saturated carbocycles. The van der Waals surface area contributed by atoms with Crippen LogP contribution in [0.25, 0.3) is 0 Å². The van der Waals surface area contributed by atoms with Gasteiger partial charge in [0.25, 0.3) is 0 Å². The van der Waals surface area contributed by atoms with Gasteiger partial charge in [0.2, 0.25) is 0 Å². The van der Waals surface area contributed by atoms with Crippen LogP contribution in [-0.2, 0) is 9.84 Å². The smallest absolute Gasteiger partial charge is 0.173 e. The lowest BCUT2D eigenvalue weighted by Gasteiger charge is -2.21. The topological polar surface area (TPSA) is 55.4 Å². The standard InChI is InChI=1S/C14H16BrNO3S/c15-10-3-4-12-13(2-1-6-19-14(12)8-10)16-11-5-7-20(17,18)9-11/h3-5,7-8,11,13,16H,1-2,6,9H2. The maximum atomic E-state index is 11.5. The van der Waals surface area contributed by atoms with Crippen molar-refractivity contribution >= 4 is 25.8 Å². The van der Waals surface area contributed by atoms with E-state index in [-0.39, 0.29) is 17.8 Å². The minimum atomic E-state index is -3.02. The molecule has 2 aliphatic heterocycles. The third kappa shape index (κ3) is 3.07. The second-order valence-electron chi connectivity index (χ2n) is 5.16. The van der Waals surface area contributed by atoms with Crippen molar-refractivity contribution in [2.75, 3.05) is 12.4 Å². The number of nitrogens with one attached hydrogen (secondary N) is 1. The van der Waals surface area contributed by atoms with Crippen molar-refractivity contribution in [2.45, 2.75) is 24.9 Å². The fourth-order valence-electron chi connectivity index (χ4n) is 2.66. The predicted octanol–water partition coefficient (Wildman–Crippen LogP) is 2.56. The molecule has 0 spiro atoms. The van der Waals surface area contributed by atoms with Crippen LogP contribution in [-0.4, -0.2) is 26.8 Å². The summed E-state index contributed by atoms with van der Waals surface area (Å²) in [5.74, 6) is 1.02. The van der Waals surface area contributed by atoms with Crippen LogP contribution >= 0.6 is 15.9 Å². The quantitative estimate of drug-likeness (QED) is 0.883. The number of hydrogen-bond donors (Lipinski definition) is 1. The third-order valence-corrected chi connectivity index (χ3v) is 5.48. The van der Waals surface area contributed by atoms with Crippen LogP contribution in [0.4, 0.5) is 0 Å². The van der Waals surface area contributed by atoms with Crippen LogP contribution in [0, 0.1) is 0 Å². The highest BCUT2D eigenvalue weighted by Gasteiger charge is 2.27. The number of benzene rings is 1. The lowest BCUT2D eigenvalue weighted by molar-refractivity contribution is 0.314. The van der Waals surface area contributed by atoms with E-state index in [9.17, 15) is 8.42 Å². The van der Waals surface area contributed by atoms with Gasteiger partial charge in [0.05, 0.1) is 12.4 Å². The van der Waals surface area contributed by atoms with E-state index >= 15 is 0 Å². The van der Waals surface area contributed by atoms with E-state index in [1.807, 2.05) is 18.2 Å². The largest absolute Gasteiger partial charge is 0.493 e. The molecule has 2 aliphatic rings. The van der Waals surface area contributed by atoms with Gasteiger partial charge in [0.15, 0.2) is 9.84 Å². The molecule has 0 bridgehead atoms. The van der Waals surface area contributed by atoms with Crippen LogP contribution in [0.1, 0.15) is 24.4 Å². The highest BCUT2D eigenvalue weighted by Crippen LogP contribution is 2.34. The Balaban J connectivity index is 1.82. The van der Waals surface area contributed by atoms with Crippen molar-refractivity contribution in [3.63, 3.8) is 0 Å². The summed E-state index contributed by atoms with van der Waals surface area (Å²) in [5, 5.41) is 4.73. The zero-order valence-corrected chi connectivity index (χ0v) is 13.3. The monoisotopic (exact) mass is 357 g/mol. The number of ether oxygens (including phenoxy) is 1. The van der Waals surface area contributed by atoms with Gasteiger partial charge in [-0.05, 0) is 25.0 Å². The Morgan fingerprint density at radius 1 is 1.35 bits per heavy atom. The molecule has 1 N–H and O–H groups in total. The molecule has 4 nitrogen and oxygen atoms in total. The van der Waals surface area contributed by atoms with Crippen molar-refractivity contribution in [3.8, 4) is 5.75 Å². The van der Waals surface area contributed by atoms with Crippen LogP contribution in [0.5, 0.6) is 5.75 Å². The average molecular weight is 358 g/mol. The first-order chi connectivity index (χ1) is 9.53. The maximum absolute atomic E-state index is 11.5. The molecule has 2 heterocycles. The van der Waals surface area contributed by atoms with Crippen molar-refractivity contribution < 1.29 is 13.2 Å². The lowest BCUT2D eigenvalue weighted by Crippen LogP contribution is -2.33. The van der Waals surface area contributed by atoms with Crippen LogP contribution < -0.4 is 10.1 Å². The highest BCUT2D eigenvalue weighted by atomic mass is 79.9. The summed E-state index contributed by atoms with van der Waals surface area (Å²) >= 11 is 3.45. The molecule has 20 heavy (non-hydrogen) atoms. The zero-order valence-electron chi connectivity index (χ0n) is 10.9. The summed E-state index contributed by atoms with van der Waals surface area (Å²) in [4.78, 5) is 0. The summed E-state index contributed by atoms with van der Waals surface area (Å²) in [6.07, 6.45) is 3.63. The molecule has 0 saturated heterocycles. The number of fused-ring (bicyclic) bond motifs is 1. The van der Waals surface area contributed by atoms with E-state index in [1.54, 1.807) is 6.08 Å². The molecule has 2 unspecified atom stereocenters. The summed E-state index contributed by atoms with van der Waals surface area (Å²) in [5.41, 5.74) is 1.10. The van der Waals surface area contributed by atoms with E-state index < -0.39 is 9.84 Å². The lowest BCUT2D eigenvalue weighted by atomic mass is 10.0. The second kappa shape index (κ2) is 5.50. The fraction of sp³-hybridized carbons (Fsp3) is 0.429. The first kappa shape index (κ1) is 14.1. The maximum Gasteiger partial charge on any atom is 0.173 e. The predicted molar refractivity (Wildman–Crippen MR) is 81.5 cm³/mol. The number of halogens is 1. The molecule has 2 atom stereocenters. The summed E-state index contributed by atoms with van der Waals surface area (Å²) < 4.78 is 29.7. The summed E-state index contributed by atoms with van der Waals surface area (Å²) in [7, 11) is -3.02. The van der Waals surface area contributed by atoms with Gasteiger partial charge in [-0.25, -0.2) is 8.42 Å². The van der Waals surface area contributed by atoms with E-state index in [2.05, 4.69) is 21.2 Å². The molecule has 0 aromatic heterocycles. The molecule has 0 amide bonds. The molecule has 3 rings (SSSR count). The zero-order chi connectivity index (χ0) is 14.2. The van der Waals surface area contributed by atoms with Crippen molar-refractivity contribution in [1.82, 2.24) is 5.32 Å². The highest BCUT2D eigenvalue weighted by molar-refractivity contribution is 9.10. The minimum absolute atomic E-state index is 0.111. The van der Waals surface area contributed by atoms with Crippen LogP contribution in [0.3, 0.4) is 0 Å². The number of hydrogen-bond acceptors (Lipinski definition) is 4. The molecule has 0 aliphatic carbocycles. The third-order valence-electron chi connectivity index (χ3n) is 3.59. The van der Waals surface area contributed by atoms with E-state index in [4.69, 9.17) is 4.74 Å². The fourth-order valence-corrected chi connectivity index (χ4v) is 4.25. The Hall–Kier alpha value is -0.850. The minimum Gasteiger partial charge on any atom is -0.493 e. The van der Waals surface area contributed by atoms with Crippen molar-refractivity contribution in [1.29, 1.82) is 0 Å². The van der Waals surface area contributed by atoms with Gasteiger partial charge in [-0.3, -0.25) is 0 Å². The molecule has 1 aromatic carbocycles. The Morgan fingerprint density at radius 2 is 2.20 bits per heavy atom. The van der Waals surface area contributed by atoms with Crippen molar-refractivity contribution in [3.05, 3.63) is 39.7 Å². The van der Waals surface area contributed by atoms with Gasteiger partial charge < -0.3 is 10.1 Å². The molecule has 1 aromatic rings. The molecule has 0 radical (unpaired) electrons. The molecular weight excluding hydrogens is 342 g/mol. The average Bonchev–Trinajstić information content (AvgIpc) is 2.61.